The summed E-state index contributed by atoms with van der Waals surface area (Å²) in [5.74, 6) is -1.67. The summed E-state index contributed by atoms with van der Waals surface area (Å²) in [5, 5.41) is 2.79. The van der Waals surface area contributed by atoms with Gasteiger partial charge in [0.1, 0.15) is 21.6 Å². The number of nitrogens with zero attached hydrogens (tertiary/aromatic N) is 1. The lowest BCUT2D eigenvalue weighted by Gasteiger charge is -2.14. The van der Waals surface area contributed by atoms with Gasteiger partial charge >= 0.3 is 0 Å². The standard InChI is InChI=1S/C18H11Cl3FN3O3S/c19-10-5-7-13(25-29(27,28)15-4-2-1-3-12(15)22)14(9-10)23-18(26)17-11(20)6-8-16(21)24-17/h1-9,25H,(H,23,26). The molecule has 2 aromatic carbocycles. The van der Waals surface area contributed by atoms with Crippen LogP contribution in [-0.4, -0.2) is 19.3 Å². The molecular formula is C18H11Cl3FN3O3S. The second-order valence-corrected chi connectivity index (χ2v) is 8.53. The van der Waals surface area contributed by atoms with E-state index in [2.05, 4.69) is 15.0 Å². The van der Waals surface area contributed by atoms with Crippen LogP contribution in [0.2, 0.25) is 15.2 Å². The van der Waals surface area contributed by atoms with Gasteiger partial charge in [-0.15, -0.1) is 0 Å². The largest absolute Gasteiger partial charge is 0.319 e. The van der Waals surface area contributed by atoms with Crippen molar-refractivity contribution in [1.82, 2.24) is 4.98 Å². The predicted octanol–water partition coefficient (Wildman–Crippen LogP) is 5.23. The number of hydrogen-bond donors (Lipinski definition) is 2. The van der Waals surface area contributed by atoms with Gasteiger partial charge in [-0.2, -0.15) is 0 Å². The Morgan fingerprint density at radius 2 is 1.69 bits per heavy atom. The molecule has 0 radical (unpaired) electrons. The maximum Gasteiger partial charge on any atom is 0.275 e. The third-order valence-electron chi connectivity index (χ3n) is 3.63. The molecule has 3 rings (SSSR count). The molecule has 11 heteroatoms. The molecule has 6 nitrogen and oxygen atoms in total. The van der Waals surface area contributed by atoms with Crippen molar-refractivity contribution in [2.45, 2.75) is 4.90 Å². The molecule has 0 saturated carbocycles. The third kappa shape index (κ3) is 4.97. The number of nitrogens with one attached hydrogen (secondary N) is 2. The second-order valence-electron chi connectivity index (χ2n) is 5.64. The van der Waals surface area contributed by atoms with Crippen molar-refractivity contribution in [2.24, 2.45) is 0 Å². The van der Waals surface area contributed by atoms with E-state index in [4.69, 9.17) is 34.8 Å². The molecule has 0 atom stereocenters. The number of halogens is 4. The number of carbonyl (C=O) groups is 1. The van der Waals surface area contributed by atoms with E-state index in [-0.39, 0.29) is 32.3 Å². The first-order valence-electron chi connectivity index (χ1n) is 7.87. The molecule has 29 heavy (non-hydrogen) atoms. The number of pyridine rings is 1. The van der Waals surface area contributed by atoms with Crippen LogP contribution in [0, 0.1) is 5.82 Å². The summed E-state index contributed by atoms with van der Waals surface area (Å²) in [4.78, 5) is 15.8. The van der Waals surface area contributed by atoms with Crippen molar-refractivity contribution < 1.29 is 17.6 Å². The fourth-order valence-electron chi connectivity index (χ4n) is 2.33. The van der Waals surface area contributed by atoms with Crippen molar-refractivity contribution >= 4 is 62.1 Å². The highest BCUT2D eigenvalue weighted by Crippen LogP contribution is 2.29. The average molecular weight is 475 g/mol. The van der Waals surface area contributed by atoms with E-state index >= 15 is 0 Å². The summed E-state index contributed by atoms with van der Waals surface area (Å²) in [6.45, 7) is 0. The number of amides is 1. The molecule has 0 aliphatic rings. The molecule has 0 bridgehead atoms. The predicted molar refractivity (Wildman–Crippen MR) is 111 cm³/mol. The smallest absolute Gasteiger partial charge is 0.275 e. The van der Waals surface area contributed by atoms with E-state index in [1.54, 1.807) is 0 Å². The monoisotopic (exact) mass is 473 g/mol. The van der Waals surface area contributed by atoms with Crippen LogP contribution in [0.1, 0.15) is 10.5 Å². The number of anilines is 2. The van der Waals surface area contributed by atoms with Crippen molar-refractivity contribution in [2.75, 3.05) is 10.0 Å². The van der Waals surface area contributed by atoms with Crippen molar-refractivity contribution in [3.8, 4) is 0 Å². The highest BCUT2D eigenvalue weighted by Gasteiger charge is 2.21. The van der Waals surface area contributed by atoms with Crippen LogP contribution in [0.3, 0.4) is 0 Å². The third-order valence-corrected chi connectivity index (χ3v) is 5.78. The Balaban J connectivity index is 1.95. The zero-order valence-electron chi connectivity index (χ0n) is 14.3. The van der Waals surface area contributed by atoms with E-state index in [0.29, 0.717) is 0 Å². The fourth-order valence-corrected chi connectivity index (χ4v) is 4.00. The zero-order chi connectivity index (χ0) is 21.2. The first-order valence-corrected chi connectivity index (χ1v) is 10.5. The van der Waals surface area contributed by atoms with Crippen LogP contribution in [0.15, 0.2) is 59.5 Å². The summed E-state index contributed by atoms with van der Waals surface area (Å²) in [6, 6.07) is 11.7. The minimum Gasteiger partial charge on any atom is -0.319 e. The molecule has 1 aromatic heterocycles. The molecular weight excluding hydrogens is 464 g/mol. The van der Waals surface area contributed by atoms with Gasteiger partial charge in [0.2, 0.25) is 0 Å². The molecule has 0 saturated heterocycles. The van der Waals surface area contributed by atoms with Gasteiger partial charge in [-0.25, -0.2) is 17.8 Å². The molecule has 150 valence electrons. The molecule has 3 aromatic rings. The minimum atomic E-state index is -4.28. The van der Waals surface area contributed by atoms with Crippen LogP contribution in [0.4, 0.5) is 15.8 Å². The van der Waals surface area contributed by atoms with Crippen LogP contribution < -0.4 is 10.0 Å². The van der Waals surface area contributed by atoms with E-state index in [1.165, 1.54) is 42.5 Å². The van der Waals surface area contributed by atoms with E-state index in [0.717, 1.165) is 12.1 Å². The first-order chi connectivity index (χ1) is 13.7. The summed E-state index contributed by atoms with van der Waals surface area (Å²) < 4.78 is 41.3. The molecule has 1 heterocycles. The molecule has 0 aliphatic heterocycles. The van der Waals surface area contributed by atoms with E-state index < -0.39 is 26.6 Å². The van der Waals surface area contributed by atoms with Crippen LogP contribution in [-0.2, 0) is 10.0 Å². The summed E-state index contributed by atoms with van der Waals surface area (Å²) in [7, 11) is -4.28. The Labute approximate surface area is 180 Å². The lowest BCUT2D eigenvalue weighted by molar-refractivity contribution is 0.102. The first kappa shape index (κ1) is 21.3. The van der Waals surface area contributed by atoms with Gasteiger partial charge in [0.25, 0.3) is 15.9 Å². The molecule has 2 N–H and O–H groups in total. The van der Waals surface area contributed by atoms with Gasteiger partial charge in [0.15, 0.2) is 0 Å². The summed E-state index contributed by atoms with van der Waals surface area (Å²) in [5.41, 5.74) is -0.188. The highest BCUT2D eigenvalue weighted by atomic mass is 35.5. The lowest BCUT2D eigenvalue weighted by Crippen LogP contribution is -2.19. The number of carbonyl (C=O) groups excluding carboxylic acids is 1. The summed E-state index contributed by atoms with van der Waals surface area (Å²) >= 11 is 17.7. The molecule has 0 aliphatic carbocycles. The van der Waals surface area contributed by atoms with Crippen molar-refractivity contribution in [3.05, 3.63) is 81.3 Å². The quantitative estimate of drug-likeness (QED) is 0.495. The van der Waals surface area contributed by atoms with Crippen LogP contribution in [0.5, 0.6) is 0 Å². The Morgan fingerprint density at radius 1 is 0.966 bits per heavy atom. The van der Waals surface area contributed by atoms with Gasteiger partial charge in [0, 0.05) is 5.02 Å². The number of aromatic nitrogens is 1. The van der Waals surface area contributed by atoms with Gasteiger partial charge in [-0.05, 0) is 42.5 Å². The Kier molecular flexibility index (Phi) is 6.28. The topological polar surface area (TPSA) is 88.2 Å². The maximum atomic E-state index is 13.9. The minimum absolute atomic E-state index is 0.0141. The van der Waals surface area contributed by atoms with Gasteiger partial charge in [0.05, 0.1) is 16.4 Å². The number of benzene rings is 2. The van der Waals surface area contributed by atoms with Gasteiger partial charge in [-0.1, -0.05) is 46.9 Å². The summed E-state index contributed by atoms with van der Waals surface area (Å²) in [6.07, 6.45) is 0. The van der Waals surface area contributed by atoms with Crippen LogP contribution >= 0.6 is 34.8 Å². The van der Waals surface area contributed by atoms with E-state index in [1.807, 2.05) is 0 Å². The molecule has 0 unspecified atom stereocenters. The SMILES string of the molecule is O=C(Nc1cc(Cl)ccc1NS(=O)(=O)c1ccccc1F)c1nc(Cl)ccc1Cl. The van der Waals surface area contributed by atoms with E-state index in [9.17, 15) is 17.6 Å². The molecule has 1 amide bonds. The van der Waals surface area contributed by atoms with Crippen LogP contribution in [0.25, 0.3) is 0 Å². The number of rotatable bonds is 5. The normalized spacial score (nSPS) is 11.2. The van der Waals surface area contributed by atoms with Crippen molar-refractivity contribution in [3.63, 3.8) is 0 Å². The molecule has 0 spiro atoms. The molecule has 0 fully saturated rings. The Morgan fingerprint density at radius 3 is 2.41 bits per heavy atom. The van der Waals surface area contributed by atoms with Gasteiger partial charge in [-0.3, -0.25) is 9.52 Å². The number of sulfonamides is 1. The van der Waals surface area contributed by atoms with Gasteiger partial charge < -0.3 is 5.32 Å². The highest BCUT2D eigenvalue weighted by molar-refractivity contribution is 7.92. The Bertz CT molecular complexity index is 1210. The fraction of sp³-hybridized carbons (Fsp3) is 0. The Hall–Kier alpha value is -2.39. The maximum absolute atomic E-state index is 13.9. The second kappa shape index (κ2) is 8.54. The van der Waals surface area contributed by atoms with Crippen molar-refractivity contribution in [1.29, 1.82) is 0 Å². The number of hydrogen-bond acceptors (Lipinski definition) is 4. The zero-order valence-corrected chi connectivity index (χ0v) is 17.4. The average Bonchev–Trinajstić information content (AvgIpc) is 2.66. The lowest BCUT2D eigenvalue weighted by atomic mass is 10.2.